The minimum atomic E-state index is 0.646. The van der Waals surface area contributed by atoms with Gasteiger partial charge in [-0.3, -0.25) is 4.98 Å². The summed E-state index contributed by atoms with van der Waals surface area (Å²) in [4.78, 5) is 10.9. The summed E-state index contributed by atoms with van der Waals surface area (Å²) < 4.78 is 0. The maximum atomic E-state index is 4.58. The Labute approximate surface area is 110 Å². The third kappa shape index (κ3) is 5.27. The lowest BCUT2D eigenvalue weighted by Crippen LogP contribution is -2.23. The SMILES string of the molecule is C=C(C)CN(C)c1cncc(CNCC(C)C)n1. The Hall–Kier alpha value is -1.42. The van der Waals surface area contributed by atoms with Gasteiger partial charge in [0, 0.05) is 26.3 Å². The van der Waals surface area contributed by atoms with Crippen LogP contribution in [0.3, 0.4) is 0 Å². The smallest absolute Gasteiger partial charge is 0.147 e. The maximum absolute atomic E-state index is 4.58. The van der Waals surface area contributed by atoms with Crippen LogP contribution in [0.25, 0.3) is 0 Å². The normalized spacial score (nSPS) is 10.7. The molecule has 1 heterocycles. The Morgan fingerprint density at radius 1 is 1.44 bits per heavy atom. The van der Waals surface area contributed by atoms with Crippen molar-refractivity contribution < 1.29 is 0 Å². The molecule has 1 rings (SSSR count). The first kappa shape index (κ1) is 14.6. The second-order valence-electron chi connectivity index (χ2n) is 5.21. The molecule has 0 amide bonds. The first-order valence-corrected chi connectivity index (χ1v) is 6.36. The second kappa shape index (κ2) is 7.11. The first-order chi connectivity index (χ1) is 8.49. The highest BCUT2D eigenvalue weighted by Crippen LogP contribution is 2.09. The van der Waals surface area contributed by atoms with E-state index in [0.717, 1.165) is 36.7 Å². The molecule has 0 atom stereocenters. The topological polar surface area (TPSA) is 41.1 Å². The molecule has 0 aliphatic rings. The zero-order chi connectivity index (χ0) is 13.5. The summed E-state index contributed by atoms with van der Waals surface area (Å²) in [7, 11) is 2.00. The quantitative estimate of drug-likeness (QED) is 0.751. The zero-order valence-corrected chi connectivity index (χ0v) is 11.9. The summed E-state index contributed by atoms with van der Waals surface area (Å²) in [6.07, 6.45) is 3.60. The third-order valence-electron chi connectivity index (χ3n) is 2.43. The summed E-state index contributed by atoms with van der Waals surface area (Å²) in [6, 6.07) is 0. The third-order valence-corrected chi connectivity index (χ3v) is 2.43. The van der Waals surface area contributed by atoms with Crippen molar-refractivity contribution in [1.29, 1.82) is 0 Å². The van der Waals surface area contributed by atoms with E-state index in [0.29, 0.717) is 5.92 Å². The van der Waals surface area contributed by atoms with Crippen LogP contribution in [0.1, 0.15) is 26.5 Å². The van der Waals surface area contributed by atoms with Crippen molar-refractivity contribution in [3.05, 3.63) is 30.2 Å². The van der Waals surface area contributed by atoms with Crippen molar-refractivity contribution >= 4 is 5.82 Å². The number of hydrogen-bond donors (Lipinski definition) is 1. The van der Waals surface area contributed by atoms with E-state index in [-0.39, 0.29) is 0 Å². The number of nitrogens with zero attached hydrogens (tertiary/aromatic N) is 3. The summed E-state index contributed by atoms with van der Waals surface area (Å²) in [5, 5.41) is 3.37. The molecule has 18 heavy (non-hydrogen) atoms. The van der Waals surface area contributed by atoms with Crippen LogP contribution in [0.2, 0.25) is 0 Å². The van der Waals surface area contributed by atoms with Gasteiger partial charge < -0.3 is 10.2 Å². The van der Waals surface area contributed by atoms with Crippen molar-refractivity contribution in [2.24, 2.45) is 5.92 Å². The Morgan fingerprint density at radius 2 is 2.17 bits per heavy atom. The molecule has 0 aliphatic heterocycles. The molecule has 0 aliphatic carbocycles. The largest absolute Gasteiger partial charge is 0.354 e. The van der Waals surface area contributed by atoms with Crippen LogP contribution in [0, 0.1) is 5.92 Å². The van der Waals surface area contributed by atoms with Gasteiger partial charge in [0.15, 0.2) is 0 Å². The van der Waals surface area contributed by atoms with Crippen molar-refractivity contribution in [2.75, 3.05) is 25.0 Å². The molecule has 1 aromatic heterocycles. The van der Waals surface area contributed by atoms with E-state index in [9.17, 15) is 0 Å². The average molecular weight is 248 g/mol. The van der Waals surface area contributed by atoms with Gasteiger partial charge >= 0.3 is 0 Å². The zero-order valence-electron chi connectivity index (χ0n) is 11.9. The van der Waals surface area contributed by atoms with E-state index in [4.69, 9.17) is 0 Å². The van der Waals surface area contributed by atoms with Gasteiger partial charge in [0.25, 0.3) is 0 Å². The molecule has 0 saturated carbocycles. The van der Waals surface area contributed by atoms with Crippen molar-refractivity contribution in [3.8, 4) is 0 Å². The predicted molar refractivity (Wildman–Crippen MR) is 76.7 cm³/mol. The van der Waals surface area contributed by atoms with E-state index >= 15 is 0 Å². The van der Waals surface area contributed by atoms with Crippen molar-refractivity contribution in [2.45, 2.75) is 27.3 Å². The van der Waals surface area contributed by atoms with Crippen LogP contribution in [0.5, 0.6) is 0 Å². The van der Waals surface area contributed by atoms with Gasteiger partial charge in [0.1, 0.15) is 5.82 Å². The first-order valence-electron chi connectivity index (χ1n) is 6.36. The number of nitrogens with one attached hydrogen (secondary N) is 1. The summed E-state index contributed by atoms with van der Waals surface area (Å²) in [5.41, 5.74) is 2.09. The Bertz CT molecular complexity index is 387. The molecule has 1 aromatic rings. The molecule has 100 valence electrons. The van der Waals surface area contributed by atoms with E-state index < -0.39 is 0 Å². The van der Waals surface area contributed by atoms with E-state index in [1.165, 1.54) is 0 Å². The molecular weight excluding hydrogens is 224 g/mol. The Kier molecular flexibility index (Phi) is 5.78. The van der Waals surface area contributed by atoms with Crippen LogP contribution in [-0.2, 0) is 6.54 Å². The number of anilines is 1. The summed E-state index contributed by atoms with van der Waals surface area (Å²) in [6.45, 7) is 12.9. The van der Waals surface area contributed by atoms with Gasteiger partial charge in [0.05, 0.1) is 11.9 Å². The van der Waals surface area contributed by atoms with Crippen molar-refractivity contribution in [3.63, 3.8) is 0 Å². The molecule has 0 bridgehead atoms. The predicted octanol–water partition coefficient (Wildman–Crippen LogP) is 2.23. The second-order valence-corrected chi connectivity index (χ2v) is 5.21. The average Bonchev–Trinajstić information content (AvgIpc) is 2.28. The van der Waals surface area contributed by atoms with Crippen molar-refractivity contribution in [1.82, 2.24) is 15.3 Å². The van der Waals surface area contributed by atoms with E-state index in [2.05, 4.69) is 40.6 Å². The Morgan fingerprint density at radius 3 is 2.78 bits per heavy atom. The molecule has 1 N–H and O–H groups in total. The fraction of sp³-hybridized carbons (Fsp3) is 0.571. The molecule has 4 nitrogen and oxygen atoms in total. The summed E-state index contributed by atoms with van der Waals surface area (Å²) in [5.74, 6) is 1.54. The van der Waals surface area contributed by atoms with Crippen LogP contribution in [0.4, 0.5) is 5.82 Å². The molecule has 0 unspecified atom stereocenters. The molecule has 0 spiro atoms. The van der Waals surface area contributed by atoms with Crippen LogP contribution < -0.4 is 10.2 Å². The lowest BCUT2D eigenvalue weighted by molar-refractivity contribution is 0.547. The van der Waals surface area contributed by atoms with Crippen LogP contribution >= 0.6 is 0 Å². The highest BCUT2D eigenvalue weighted by Gasteiger charge is 2.04. The lowest BCUT2D eigenvalue weighted by atomic mass is 10.2. The molecule has 0 fully saturated rings. The molecule has 0 saturated heterocycles. The van der Waals surface area contributed by atoms with Gasteiger partial charge in [-0.15, -0.1) is 0 Å². The number of aromatic nitrogens is 2. The Balaban J connectivity index is 2.58. The van der Waals surface area contributed by atoms with Gasteiger partial charge in [-0.1, -0.05) is 26.0 Å². The monoisotopic (exact) mass is 248 g/mol. The standard InChI is InChI=1S/C14H24N4/c1-11(2)6-15-7-13-8-16-9-14(17-13)18(5)10-12(3)4/h8-9,11,15H,3,6-7,10H2,1-2,4-5H3. The molecular formula is C14H24N4. The van der Waals surface area contributed by atoms with Gasteiger partial charge in [0.2, 0.25) is 0 Å². The number of rotatable bonds is 7. The highest BCUT2D eigenvalue weighted by molar-refractivity contribution is 5.36. The van der Waals surface area contributed by atoms with Gasteiger partial charge in [-0.25, -0.2) is 4.98 Å². The lowest BCUT2D eigenvalue weighted by Gasteiger charge is -2.18. The summed E-state index contributed by atoms with van der Waals surface area (Å²) >= 11 is 0. The van der Waals surface area contributed by atoms with E-state index in [1.54, 1.807) is 6.20 Å². The fourth-order valence-corrected chi connectivity index (χ4v) is 1.64. The molecule has 4 heteroatoms. The van der Waals surface area contributed by atoms with Crippen LogP contribution in [0.15, 0.2) is 24.5 Å². The molecule has 0 aromatic carbocycles. The number of hydrogen-bond acceptors (Lipinski definition) is 4. The minimum absolute atomic E-state index is 0.646. The van der Waals surface area contributed by atoms with E-state index in [1.807, 2.05) is 20.2 Å². The van der Waals surface area contributed by atoms with Gasteiger partial charge in [-0.05, 0) is 19.4 Å². The fourth-order valence-electron chi connectivity index (χ4n) is 1.64. The minimum Gasteiger partial charge on any atom is -0.354 e. The number of likely N-dealkylation sites (N-methyl/N-ethyl adjacent to an activating group) is 1. The molecule has 0 radical (unpaired) electrons. The maximum Gasteiger partial charge on any atom is 0.147 e. The highest BCUT2D eigenvalue weighted by atomic mass is 15.2. The van der Waals surface area contributed by atoms with Gasteiger partial charge in [-0.2, -0.15) is 0 Å². The van der Waals surface area contributed by atoms with Crippen LogP contribution in [-0.4, -0.2) is 30.1 Å².